The lowest BCUT2D eigenvalue weighted by molar-refractivity contribution is 0.704. The Balaban J connectivity index is 2.11. The van der Waals surface area contributed by atoms with E-state index in [1.165, 1.54) is 6.07 Å². The van der Waals surface area contributed by atoms with Crippen LogP contribution in [0.5, 0.6) is 0 Å². The molecule has 0 radical (unpaired) electrons. The zero-order valence-corrected chi connectivity index (χ0v) is 9.90. The van der Waals surface area contributed by atoms with E-state index >= 15 is 0 Å². The topological polar surface area (TPSA) is 63.6 Å². The summed E-state index contributed by atoms with van der Waals surface area (Å²) in [6.07, 6.45) is 5.76. The number of aromatic nitrogens is 4. The van der Waals surface area contributed by atoms with E-state index in [0.29, 0.717) is 5.69 Å². The molecule has 0 aliphatic heterocycles. The highest BCUT2D eigenvalue weighted by molar-refractivity contribution is 5.56. The van der Waals surface area contributed by atoms with Crippen LogP contribution in [0.25, 0.3) is 11.3 Å². The number of hydrogen-bond acceptors (Lipinski definition) is 3. The number of aryl methyl sites for hydroxylation is 1. The van der Waals surface area contributed by atoms with Crippen LogP contribution in [0.2, 0.25) is 0 Å². The lowest BCUT2D eigenvalue weighted by Crippen LogP contribution is -2.16. The van der Waals surface area contributed by atoms with E-state index in [-0.39, 0.29) is 11.0 Å². The molecule has 0 unspecified atom stereocenters. The number of nitrogens with zero attached hydrogens (tertiary/aromatic N) is 3. The average molecular weight is 230 g/mol. The molecule has 0 saturated heterocycles. The molecule has 0 bridgehead atoms. The Morgan fingerprint density at radius 3 is 2.82 bits per heavy atom. The number of H-pyrrole nitrogens is 1. The molecule has 1 fully saturated rings. The van der Waals surface area contributed by atoms with Crippen LogP contribution in [0.1, 0.15) is 25.6 Å². The summed E-state index contributed by atoms with van der Waals surface area (Å²) in [5.74, 6) is 0.795. The van der Waals surface area contributed by atoms with Gasteiger partial charge in [0.1, 0.15) is 5.82 Å². The van der Waals surface area contributed by atoms with E-state index in [1.54, 1.807) is 10.9 Å². The molecule has 5 heteroatoms. The van der Waals surface area contributed by atoms with E-state index < -0.39 is 0 Å². The Labute approximate surface area is 98.5 Å². The molecule has 2 aromatic heterocycles. The number of aromatic amines is 1. The van der Waals surface area contributed by atoms with E-state index in [0.717, 1.165) is 24.2 Å². The first kappa shape index (κ1) is 10.3. The highest BCUT2D eigenvalue weighted by Gasteiger charge is 2.41. The van der Waals surface area contributed by atoms with E-state index in [4.69, 9.17) is 0 Å². The summed E-state index contributed by atoms with van der Waals surface area (Å²) in [5, 5.41) is 4.09. The van der Waals surface area contributed by atoms with E-state index in [1.807, 2.05) is 13.2 Å². The fraction of sp³-hybridized carbons (Fsp3) is 0.417. The second kappa shape index (κ2) is 3.29. The van der Waals surface area contributed by atoms with Crippen LogP contribution in [0.3, 0.4) is 0 Å². The molecule has 1 aliphatic carbocycles. The van der Waals surface area contributed by atoms with E-state index in [2.05, 4.69) is 22.0 Å². The number of rotatable bonds is 2. The molecule has 0 aromatic carbocycles. The van der Waals surface area contributed by atoms with Gasteiger partial charge in [0, 0.05) is 30.3 Å². The molecule has 1 N–H and O–H groups in total. The molecule has 0 atom stereocenters. The minimum Gasteiger partial charge on any atom is -0.310 e. The average Bonchev–Trinajstić information content (AvgIpc) is 2.88. The molecule has 2 heterocycles. The SMILES string of the molecule is Cn1cc(-c2cc(=O)[nH]c(C3(C)CC3)n2)cn1. The summed E-state index contributed by atoms with van der Waals surface area (Å²) < 4.78 is 1.71. The molecule has 1 saturated carbocycles. The second-order valence-electron chi connectivity index (χ2n) is 4.94. The van der Waals surface area contributed by atoms with Gasteiger partial charge in [0.25, 0.3) is 5.56 Å². The smallest absolute Gasteiger partial charge is 0.251 e. The minimum atomic E-state index is -0.0954. The van der Waals surface area contributed by atoms with Crippen LogP contribution < -0.4 is 5.56 Å². The van der Waals surface area contributed by atoms with Gasteiger partial charge in [-0.05, 0) is 12.8 Å². The Kier molecular flexibility index (Phi) is 1.98. The first-order valence-electron chi connectivity index (χ1n) is 5.68. The summed E-state index contributed by atoms with van der Waals surface area (Å²) in [4.78, 5) is 19.0. The Hall–Kier alpha value is -1.91. The molecule has 3 rings (SSSR count). The first-order valence-corrected chi connectivity index (χ1v) is 5.68. The van der Waals surface area contributed by atoms with Gasteiger partial charge in [-0.15, -0.1) is 0 Å². The monoisotopic (exact) mass is 230 g/mol. The van der Waals surface area contributed by atoms with Gasteiger partial charge in [-0.2, -0.15) is 5.10 Å². The Morgan fingerprint density at radius 2 is 2.24 bits per heavy atom. The molecule has 0 spiro atoms. The lowest BCUT2D eigenvalue weighted by Gasteiger charge is -2.08. The molecule has 17 heavy (non-hydrogen) atoms. The third-order valence-electron chi connectivity index (χ3n) is 3.31. The van der Waals surface area contributed by atoms with E-state index in [9.17, 15) is 4.79 Å². The predicted octanol–water partition coefficient (Wildman–Crippen LogP) is 1.22. The zero-order chi connectivity index (χ0) is 12.0. The van der Waals surface area contributed by atoms with Gasteiger partial charge in [-0.3, -0.25) is 9.48 Å². The molecule has 88 valence electrons. The third kappa shape index (κ3) is 1.77. The fourth-order valence-electron chi connectivity index (χ4n) is 1.87. The Morgan fingerprint density at radius 1 is 1.47 bits per heavy atom. The highest BCUT2D eigenvalue weighted by Crippen LogP contribution is 2.45. The van der Waals surface area contributed by atoms with Crippen molar-refractivity contribution in [1.82, 2.24) is 19.7 Å². The maximum atomic E-state index is 11.6. The zero-order valence-electron chi connectivity index (χ0n) is 9.90. The third-order valence-corrected chi connectivity index (χ3v) is 3.31. The van der Waals surface area contributed by atoms with Gasteiger partial charge < -0.3 is 4.98 Å². The van der Waals surface area contributed by atoms with Gasteiger partial charge in [-0.25, -0.2) is 4.98 Å². The number of hydrogen-bond donors (Lipinski definition) is 1. The first-order chi connectivity index (χ1) is 8.07. The summed E-state index contributed by atoms with van der Waals surface area (Å²) in [7, 11) is 1.85. The van der Waals surface area contributed by atoms with Crippen molar-refractivity contribution < 1.29 is 0 Å². The van der Waals surface area contributed by atoms with Gasteiger partial charge in [0.15, 0.2) is 0 Å². The summed E-state index contributed by atoms with van der Waals surface area (Å²) >= 11 is 0. The van der Waals surface area contributed by atoms with Crippen molar-refractivity contribution in [3.63, 3.8) is 0 Å². The summed E-state index contributed by atoms with van der Waals surface area (Å²) in [5.41, 5.74) is 1.55. The normalized spacial score (nSPS) is 17.1. The summed E-state index contributed by atoms with van der Waals surface area (Å²) in [6.45, 7) is 2.12. The molecule has 1 aliphatic rings. The van der Waals surface area contributed by atoms with Crippen LogP contribution in [0.4, 0.5) is 0 Å². The van der Waals surface area contributed by atoms with Crippen molar-refractivity contribution in [1.29, 1.82) is 0 Å². The van der Waals surface area contributed by atoms with Crippen molar-refractivity contribution >= 4 is 0 Å². The van der Waals surface area contributed by atoms with Gasteiger partial charge in [-0.1, -0.05) is 6.92 Å². The lowest BCUT2D eigenvalue weighted by atomic mass is 10.1. The summed E-state index contributed by atoms with van der Waals surface area (Å²) in [6, 6.07) is 1.52. The van der Waals surface area contributed by atoms with Crippen LogP contribution in [-0.2, 0) is 12.5 Å². The maximum absolute atomic E-state index is 11.6. The molecule has 5 nitrogen and oxygen atoms in total. The quantitative estimate of drug-likeness (QED) is 0.843. The predicted molar refractivity (Wildman–Crippen MR) is 63.6 cm³/mol. The van der Waals surface area contributed by atoms with Crippen LogP contribution in [0.15, 0.2) is 23.3 Å². The fourth-order valence-corrected chi connectivity index (χ4v) is 1.87. The maximum Gasteiger partial charge on any atom is 0.251 e. The molecular formula is C12H14N4O. The molecule has 0 amide bonds. The standard InChI is InChI=1S/C12H14N4O/c1-12(3-4-12)11-14-9(5-10(17)15-11)8-6-13-16(2)7-8/h5-7H,3-4H2,1-2H3,(H,14,15,17). The van der Waals surface area contributed by atoms with Gasteiger partial charge in [0.05, 0.1) is 11.9 Å². The van der Waals surface area contributed by atoms with Crippen LogP contribution in [0, 0.1) is 0 Å². The molecular weight excluding hydrogens is 216 g/mol. The van der Waals surface area contributed by atoms with Crippen molar-refractivity contribution in [2.45, 2.75) is 25.2 Å². The van der Waals surface area contributed by atoms with Crippen molar-refractivity contribution in [3.8, 4) is 11.3 Å². The van der Waals surface area contributed by atoms with Crippen molar-refractivity contribution in [2.24, 2.45) is 7.05 Å². The van der Waals surface area contributed by atoms with Gasteiger partial charge >= 0.3 is 0 Å². The van der Waals surface area contributed by atoms with Crippen LogP contribution in [-0.4, -0.2) is 19.7 Å². The van der Waals surface area contributed by atoms with Crippen molar-refractivity contribution in [3.05, 3.63) is 34.6 Å². The molecule has 2 aromatic rings. The van der Waals surface area contributed by atoms with Crippen LogP contribution >= 0.6 is 0 Å². The minimum absolute atomic E-state index is 0.0668. The van der Waals surface area contributed by atoms with Gasteiger partial charge in [0.2, 0.25) is 0 Å². The largest absolute Gasteiger partial charge is 0.310 e. The second-order valence-corrected chi connectivity index (χ2v) is 4.94. The number of nitrogens with one attached hydrogen (secondary N) is 1. The Bertz CT molecular complexity index is 621. The highest BCUT2D eigenvalue weighted by atomic mass is 16.1. The van der Waals surface area contributed by atoms with Crippen molar-refractivity contribution in [2.75, 3.05) is 0 Å².